The third kappa shape index (κ3) is 4.35. The number of hydrogen-bond acceptors (Lipinski definition) is 6. The predicted molar refractivity (Wildman–Crippen MR) is 77.5 cm³/mol. The molecule has 0 atom stereocenters. The van der Waals surface area contributed by atoms with Crippen molar-refractivity contribution in [3.05, 3.63) is 33.1 Å². The molecule has 1 aliphatic heterocycles. The smallest absolute Gasteiger partial charge is 0.300 e. The average Bonchev–Trinajstić information content (AvgIpc) is 2.47. The number of nitro groups is 1. The normalized spacial score (nSPS) is 15.7. The number of hydrogen-bond donors (Lipinski definition) is 2. The molecule has 1 saturated heterocycles. The number of pyridine rings is 1. The molecule has 0 radical (unpaired) electrons. The standard InChI is InChI=1S/C12H16ClN5O3/c13-11-7-9(10(8-16-11)18(20)21)12(19)15-3-6-17-4-1-14-2-5-17/h7-8,14H,1-6H2,(H,15,19). The molecule has 9 heteroatoms. The van der Waals surface area contributed by atoms with Crippen molar-refractivity contribution in [1.82, 2.24) is 20.5 Å². The van der Waals surface area contributed by atoms with Crippen LogP contribution in [0.15, 0.2) is 12.3 Å². The number of piperazine rings is 1. The van der Waals surface area contributed by atoms with E-state index in [-0.39, 0.29) is 16.4 Å². The van der Waals surface area contributed by atoms with E-state index in [1.54, 1.807) is 0 Å². The van der Waals surface area contributed by atoms with E-state index < -0.39 is 10.8 Å². The van der Waals surface area contributed by atoms with Gasteiger partial charge in [0.05, 0.1) is 4.92 Å². The topological polar surface area (TPSA) is 100 Å². The Hall–Kier alpha value is -1.77. The summed E-state index contributed by atoms with van der Waals surface area (Å²) in [6.07, 6.45) is 0.994. The largest absolute Gasteiger partial charge is 0.351 e. The van der Waals surface area contributed by atoms with E-state index in [1.165, 1.54) is 6.07 Å². The molecule has 0 saturated carbocycles. The first kappa shape index (κ1) is 15.6. The molecule has 1 aromatic heterocycles. The Morgan fingerprint density at radius 2 is 2.24 bits per heavy atom. The van der Waals surface area contributed by atoms with E-state index in [0.29, 0.717) is 13.1 Å². The molecule has 1 amide bonds. The van der Waals surface area contributed by atoms with Crippen molar-refractivity contribution in [2.24, 2.45) is 0 Å². The van der Waals surface area contributed by atoms with Crippen LogP contribution in [0.2, 0.25) is 5.15 Å². The highest BCUT2D eigenvalue weighted by molar-refractivity contribution is 6.29. The number of amides is 1. The molecule has 1 aliphatic rings. The van der Waals surface area contributed by atoms with Crippen LogP contribution in [0, 0.1) is 10.1 Å². The molecule has 8 nitrogen and oxygen atoms in total. The van der Waals surface area contributed by atoms with Crippen LogP contribution in [0.1, 0.15) is 10.4 Å². The van der Waals surface area contributed by atoms with Crippen molar-refractivity contribution in [1.29, 1.82) is 0 Å². The molecule has 21 heavy (non-hydrogen) atoms. The maximum Gasteiger partial charge on any atom is 0.300 e. The van der Waals surface area contributed by atoms with Gasteiger partial charge < -0.3 is 10.6 Å². The molecule has 2 heterocycles. The van der Waals surface area contributed by atoms with Gasteiger partial charge >= 0.3 is 0 Å². The van der Waals surface area contributed by atoms with Gasteiger partial charge in [-0.1, -0.05) is 11.6 Å². The van der Waals surface area contributed by atoms with Crippen molar-refractivity contribution in [3.8, 4) is 0 Å². The van der Waals surface area contributed by atoms with E-state index >= 15 is 0 Å². The highest BCUT2D eigenvalue weighted by Crippen LogP contribution is 2.20. The number of nitrogens with zero attached hydrogens (tertiary/aromatic N) is 3. The summed E-state index contributed by atoms with van der Waals surface area (Å²) >= 11 is 5.69. The lowest BCUT2D eigenvalue weighted by molar-refractivity contribution is -0.385. The minimum absolute atomic E-state index is 0.0489. The van der Waals surface area contributed by atoms with E-state index in [4.69, 9.17) is 11.6 Å². The molecule has 1 fully saturated rings. The van der Waals surface area contributed by atoms with Gasteiger partial charge in [0.2, 0.25) is 0 Å². The highest BCUT2D eigenvalue weighted by atomic mass is 35.5. The lowest BCUT2D eigenvalue weighted by Gasteiger charge is -2.27. The molecule has 0 unspecified atom stereocenters. The Bertz CT molecular complexity index is 534. The third-order valence-corrected chi connectivity index (χ3v) is 3.42. The van der Waals surface area contributed by atoms with Crippen LogP contribution in [0.25, 0.3) is 0 Å². The van der Waals surface area contributed by atoms with E-state index in [2.05, 4.69) is 20.5 Å². The summed E-state index contributed by atoms with van der Waals surface area (Å²) in [6, 6.07) is 1.21. The second-order valence-corrected chi connectivity index (χ2v) is 5.02. The van der Waals surface area contributed by atoms with Crippen LogP contribution < -0.4 is 10.6 Å². The van der Waals surface area contributed by atoms with Crippen molar-refractivity contribution in [3.63, 3.8) is 0 Å². The van der Waals surface area contributed by atoms with Gasteiger partial charge in [-0.25, -0.2) is 4.98 Å². The Morgan fingerprint density at radius 1 is 1.52 bits per heavy atom. The number of carbonyl (C=O) groups excluding carboxylic acids is 1. The molecule has 2 rings (SSSR count). The van der Waals surface area contributed by atoms with Crippen LogP contribution in [0.3, 0.4) is 0 Å². The SMILES string of the molecule is O=C(NCCN1CCNCC1)c1cc(Cl)ncc1[N+](=O)[O-]. The van der Waals surface area contributed by atoms with Gasteiger partial charge in [0, 0.05) is 39.3 Å². The summed E-state index contributed by atoms with van der Waals surface area (Å²) in [6.45, 7) is 4.85. The van der Waals surface area contributed by atoms with Crippen molar-refractivity contribution >= 4 is 23.2 Å². The molecule has 0 spiro atoms. The van der Waals surface area contributed by atoms with Gasteiger partial charge in [-0.15, -0.1) is 0 Å². The van der Waals surface area contributed by atoms with Crippen LogP contribution >= 0.6 is 11.6 Å². The van der Waals surface area contributed by atoms with Gasteiger partial charge in [0.1, 0.15) is 16.9 Å². The zero-order chi connectivity index (χ0) is 15.2. The quantitative estimate of drug-likeness (QED) is 0.460. The maximum absolute atomic E-state index is 12.0. The zero-order valence-corrected chi connectivity index (χ0v) is 12.1. The van der Waals surface area contributed by atoms with E-state index in [0.717, 1.165) is 32.4 Å². The van der Waals surface area contributed by atoms with Crippen molar-refractivity contribution < 1.29 is 9.72 Å². The second kappa shape index (κ2) is 7.30. The fourth-order valence-corrected chi connectivity index (χ4v) is 2.27. The van der Waals surface area contributed by atoms with Crippen molar-refractivity contribution in [2.75, 3.05) is 39.3 Å². The molecule has 0 aromatic carbocycles. The summed E-state index contributed by atoms with van der Waals surface area (Å²) in [5.41, 5.74) is -0.417. The summed E-state index contributed by atoms with van der Waals surface area (Å²) in [5.74, 6) is -0.513. The van der Waals surface area contributed by atoms with Crippen molar-refractivity contribution in [2.45, 2.75) is 0 Å². The van der Waals surface area contributed by atoms with Crippen LogP contribution in [-0.2, 0) is 0 Å². The van der Waals surface area contributed by atoms with Crippen LogP contribution in [0.4, 0.5) is 5.69 Å². The summed E-state index contributed by atoms with van der Waals surface area (Å²) in [5, 5.41) is 16.9. The molecule has 2 N–H and O–H groups in total. The molecular formula is C12H16ClN5O3. The summed E-state index contributed by atoms with van der Waals surface area (Å²) in [4.78, 5) is 28.1. The molecule has 0 bridgehead atoms. The Morgan fingerprint density at radius 3 is 2.90 bits per heavy atom. The zero-order valence-electron chi connectivity index (χ0n) is 11.3. The van der Waals surface area contributed by atoms with Crippen LogP contribution in [0.5, 0.6) is 0 Å². The number of carbonyl (C=O) groups is 1. The monoisotopic (exact) mass is 313 g/mol. The Kier molecular flexibility index (Phi) is 5.43. The second-order valence-electron chi connectivity index (χ2n) is 4.63. The van der Waals surface area contributed by atoms with Gasteiger partial charge in [-0.2, -0.15) is 0 Å². The minimum Gasteiger partial charge on any atom is -0.351 e. The third-order valence-electron chi connectivity index (χ3n) is 3.21. The maximum atomic E-state index is 12.0. The lowest BCUT2D eigenvalue weighted by atomic mass is 10.2. The number of halogens is 1. The summed E-state index contributed by atoms with van der Waals surface area (Å²) in [7, 11) is 0. The fraction of sp³-hybridized carbons (Fsp3) is 0.500. The number of rotatable bonds is 5. The van der Waals surface area contributed by atoms with E-state index in [1.807, 2.05) is 0 Å². The van der Waals surface area contributed by atoms with Gasteiger partial charge in [-0.05, 0) is 6.07 Å². The molecular weight excluding hydrogens is 298 g/mol. The first-order chi connectivity index (χ1) is 10.1. The predicted octanol–water partition coefficient (Wildman–Crippen LogP) is 0.278. The van der Waals surface area contributed by atoms with Crippen LogP contribution in [-0.4, -0.2) is 60.0 Å². The number of aromatic nitrogens is 1. The minimum atomic E-state index is -0.644. The molecule has 1 aromatic rings. The average molecular weight is 314 g/mol. The highest BCUT2D eigenvalue weighted by Gasteiger charge is 2.21. The van der Waals surface area contributed by atoms with Gasteiger partial charge in [0.15, 0.2) is 0 Å². The first-order valence-corrected chi connectivity index (χ1v) is 6.97. The fourth-order valence-electron chi connectivity index (χ4n) is 2.11. The number of nitrogens with one attached hydrogen (secondary N) is 2. The van der Waals surface area contributed by atoms with Gasteiger partial charge in [-0.3, -0.25) is 19.8 Å². The first-order valence-electron chi connectivity index (χ1n) is 6.59. The lowest BCUT2D eigenvalue weighted by Crippen LogP contribution is -2.46. The van der Waals surface area contributed by atoms with E-state index in [9.17, 15) is 14.9 Å². The molecule has 114 valence electrons. The Labute approximate surface area is 126 Å². The Balaban J connectivity index is 1.93. The van der Waals surface area contributed by atoms with Gasteiger partial charge in [0.25, 0.3) is 11.6 Å². The molecule has 0 aliphatic carbocycles. The summed E-state index contributed by atoms with van der Waals surface area (Å²) < 4.78 is 0.